The molecule has 0 radical (unpaired) electrons. The van der Waals surface area contributed by atoms with Gasteiger partial charge in [0.25, 0.3) is 0 Å². The third-order valence-electron chi connectivity index (χ3n) is 10.8. The molecular weight excluding hydrogens is 805 g/mol. The zero-order valence-corrected chi connectivity index (χ0v) is 42.0. The number of esters is 3. The van der Waals surface area contributed by atoms with E-state index in [2.05, 4.69) is 130 Å². The molecule has 0 aliphatic rings. The fourth-order valence-electron chi connectivity index (χ4n) is 6.81. The Morgan fingerprint density at radius 2 is 0.615 bits per heavy atom. The van der Waals surface area contributed by atoms with Crippen molar-refractivity contribution in [2.75, 3.05) is 13.2 Å². The normalized spacial score (nSPS) is 13.0. The molecule has 0 saturated carbocycles. The van der Waals surface area contributed by atoms with Gasteiger partial charge in [0.05, 0.1) is 0 Å². The molecule has 0 amide bonds. The number of unbranched alkanes of at least 4 members (excludes halogenated alkanes) is 17. The molecule has 0 aliphatic heterocycles. The molecule has 0 spiro atoms. The van der Waals surface area contributed by atoms with Crippen LogP contribution >= 0.6 is 0 Å². The lowest BCUT2D eigenvalue weighted by Crippen LogP contribution is -2.30. The molecule has 65 heavy (non-hydrogen) atoms. The maximum absolute atomic E-state index is 12.8. The topological polar surface area (TPSA) is 78.9 Å². The van der Waals surface area contributed by atoms with E-state index in [4.69, 9.17) is 14.2 Å². The summed E-state index contributed by atoms with van der Waals surface area (Å²) in [5, 5.41) is 0. The van der Waals surface area contributed by atoms with E-state index < -0.39 is 6.10 Å². The molecule has 0 unspecified atom stereocenters. The predicted octanol–water partition coefficient (Wildman–Crippen LogP) is 17.5. The molecule has 0 fully saturated rings. The third kappa shape index (κ3) is 50.9. The van der Waals surface area contributed by atoms with Gasteiger partial charge in [-0.25, -0.2) is 0 Å². The highest BCUT2D eigenvalue weighted by molar-refractivity contribution is 5.71. The standard InChI is InChI=1S/C59H96O6/c1-4-7-10-13-16-19-22-24-26-28-29-31-33-35-38-41-44-47-50-53-59(62)65-56(54-63-57(60)51-48-45-42-39-36-21-18-15-12-9-6-3)55-64-58(61)52-49-46-43-40-37-34-32-30-27-25-23-20-17-14-11-8-5-2/h7,10,16-17,19-20,24-27,29,31-32,34-35,38,40,43,56H,4-6,8-9,11-15,18,21-23,28,30,33,36-37,39,41-42,44-55H2,1-3H3/b10-7-,19-16-,20-17-,26-24-,27-25-,31-29-,34-32-,38-35-,43-40-/t56-/m0/s1. The van der Waals surface area contributed by atoms with Gasteiger partial charge in [-0.15, -0.1) is 0 Å². The molecule has 368 valence electrons. The first-order valence-corrected chi connectivity index (χ1v) is 26.4. The van der Waals surface area contributed by atoms with E-state index >= 15 is 0 Å². The largest absolute Gasteiger partial charge is 0.462 e. The van der Waals surface area contributed by atoms with Crippen LogP contribution in [0.15, 0.2) is 109 Å². The number of ether oxygens (including phenoxy) is 3. The van der Waals surface area contributed by atoms with Crippen molar-refractivity contribution in [3.8, 4) is 0 Å². The zero-order valence-electron chi connectivity index (χ0n) is 42.0. The Balaban J connectivity index is 4.53. The molecule has 0 aliphatic carbocycles. The highest BCUT2D eigenvalue weighted by atomic mass is 16.6. The van der Waals surface area contributed by atoms with E-state index in [1.165, 1.54) is 77.0 Å². The van der Waals surface area contributed by atoms with Crippen molar-refractivity contribution < 1.29 is 28.6 Å². The summed E-state index contributed by atoms with van der Waals surface area (Å²) in [6, 6.07) is 0. The Morgan fingerprint density at radius 1 is 0.323 bits per heavy atom. The summed E-state index contributed by atoms with van der Waals surface area (Å²) in [6.07, 6.45) is 70.7. The highest BCUT2D eigenvalue weighted by Crippen LogP contribution is 2.13. The van der Waals surface area contributed by atoms with Crippen LogP contribution in [0.1, 0.15) is 226 Å². The monoisotopic (exact) mass is 901 g/mol. The molecule has 0 heterocycles. The first kappa shape index (κ1) is 61.1. The number of carbonyl (C=O) groups excluding carboxylic acids is 3. The van der Waals surface area contributed by atoms with Gasteiger partial charge in [-0.05, 0) is 103 Å². The summed E-state index contributed by atoms with van der Waals surface area (Å²) < 4.78 is 16.7. The summed E-state index contributed by atoms with van der Waals surface area (Å²) in [6.45, 7) is 6.40. The van der Waals surface area contributed by atoms with E-state index in [1.54, 1.807) is 0 Å². The molecular formula is C59H96O6. The number of hydrogen-bond acceptors (Lipinski definition) is 6. The molecule has 0 aromatic heterocycles. The average molecular weight is 901 g/mol. The summed E-state index contributed by atoms with van der Waals surface area (Å²) >= 11 is 0. The van der Waals surface area contributed by atoms with Gasteiger partial charge in [0.2, 0.25) is 0 Å². The van der Waals surface area contributed by atoms with Crippen LogP contribution in [0.2, 0.25) is 0 Å². The molecule has 0 aromatic carbocycles. The zero-order chi connectivity index (χ0) is 47.2. The van der Waals surface area contributed by atoms with Crippen LogP contribution in [0.3, 0.4) is 0 Å². The van der Waals surface area contributed by atoms with Crippen LogP contribution in [0.4, 0.5) is 0 Å². The van der Waals surface area contributed by atoms with Crippen LogP contribution < -0.4 is 0 Å². The van der Waals surface area contributed by atoms with Crippen LogP contribution in [0, 0.1) is 0 Å². The maximum atomic E-state index is 12.8. The number of rotatable bonds is 46. The van der Waals surface area contributed by atoms with E-state index in [0.717, 1.165) is 96.3 Å². The lowest BCUT2D eigenvalue weighted by atomic mass is 10.1. The minimum absolute atomic E-state index is 0.109. The molecule has 6 heteroatoms. The Kier molecular flexibility index (Phi) is 49.5. The summed E-state index contributed by atoms with van der Waals surface area (Å²) in [7, 11) is 0. The Bertz CT molecular complexity index is 1360. The van der Waals surface area contributed by atoms with Crippen LogP contribution in [-0.4, -0.2) is 37.2 Å². The quantitative estimate of drug-likeness (QED) is 0.0262. The molecule has 0 aromatic rings. The van der Waals surface area contributed by atoms with E-state index in [-0.39, 0.29) is 44.0 Å². The highest BCUT2D eigenvalue weighted by Gasteiger charge is 2.19. The van der Waals surface area contributed by atoms with Gasteiger partial charge in [-0.1, -0.05) is 214 Å². The molecule has 0 N–H and O–H groups in total. The molecule has 0 saturated heterocycles. The van der Waals surface area contributed by atoms with Crippen molar-refractivity contribution in [1.82, 2.24) is 0 Å². The van der Waals surface area contributed by atoms with Crippen molar-refractivity contribution in [2.24, 2.45) is 0 Å². The number of hydrogen-bond donors (Lipinski definition) is 0. The maximum Gasteiger partial charge on any atom is 0.306 e. The lowest BCUT2D eigenvalue weighted by molar-refractivity contribution is -0.167. The van der Waals surface area contributed by atoms with E-state index in [9.17, 15) is 14.4 Å². The lowest BCUT2D eigenvalue weighted by Gasteiger charge is -2.18. The fraction of sp³-hybridized carbons (Fsp3) is 0.644. The molecule has 0 rings (SSSR count). The van der Waals surface area contributed by atoms with Gasteiger partial charge in [0.15, 0.2) is 6.10 Å². The minimum atomic E-state index is -0.817. The van der Waals surface area contributed by atoms with Gasteiger partial charge in [0, 0.05) is 19.3 Å². The first-order chi connectivity index (χ1) is 32.0. The van der Waals surface area contributed by atoms with Gasteiger partial charge >= 0.3 is 17.9 Å². The number of allylic oxidation sites excluding steroid dienone is 18. The Hall–Kier alpha value is -3.93. The molecule has 1 atom stereocenters. The fourth-order valence-corrected chi connectivity index (χ4v) is 6.81. The predicted molar refractivity (Wildman–Crippen MR) is 279 cm³/mol. The third-order valence-corrected chi connectivity index (χ3v) is 10.8. The second-order valence-electron chi connectivity index (χ2n) is 17.1. The Labute approximate surface area is 400 Å². The van der Waals surface area contributed by atoms with Crippen molar-refractivity contribution >= 4 is 17.9 Å². The van der Waals surface area contributed by atoms with Crippen molar-refractivity contribution in [3.63, 3.8) is 0 Å². The number of carbonyl (C=O) groups is 3. The smallest absolute Gasteiger partial charge is 0.306 e. The summed E-state index contributed by atoms with van der Waals surface area (Å²) in [5.41, 5.74) is 0. The van der Waals surface area contributed by atoms with Crippen LogP contribution in [0.5, 0.6) is 0 Å². The van der Waals surface area contributed by atoms with E-state index in [0.29, 0.717) is 19.3 Å². The van der Waals surface area contributed by atoms with Gasteiger partial charge < -0.3 is 14.2 Å². The van der Waals surface area contributed by atoms with Crippen LogP contribution in [-0.2, 0) is 28.6 Å². The molecule has 0 bridgehead atoms. The minimum Gasteiger partial charge on any atom is -0.462 e. The summed E-state index contributed by atoms with van der Waals surface area (Å²) in [4.78, 5) is 38.0. The second-order valence-corrected chi connectivity index (χ2v) is 17.1. The van der Waals surface area contributed by atoms with Gasteiger partial charge in [-0.3, -0.25) is 14.4 Å². The van der Waals surface area contributed by atoms with Crippen molar-refractivity contribution in [1.29, 1.82) is 0 Å². The average Bonchev–Trinajstić information content (AvgIpc) is 3.30. The van der Waals surface area contributed by atoms with Gasteiger partial charge in [0.1, 0.15) is 13.2 Å². The summed E-state index contributed by atoms with van der Waals surface area (Å²) in [5.74, 6) is -1.01. The molecule has 6 nitrogen and oxygen atoms in total. The van der Waals surface area contributed by atoms with E-state index in [1.807, 2.05) is 0 Å². The second kappa shape index (κ2) is 52.7. The first-order valence-electron chi connectivity index (χ1n) is 26.4. The van der Waals surface area contributed by atoms with Crippen LogP contribution in [0.25, 0.3) is 0 Å². The van der Waals surface area contributed by atoms with Gasteiger partial charge in [-0.2, -0.15) is 0 Å². The van der Waals surface area contributed by atoms with Crippen molar-refractivity contribution in [2.45, 2.75) is 232 Å². The van der Waals surface area contributed by atoms with Crippen molar-refractivity contribution in [3.05, 3.63) is 109 Å². The SMILES string of the molecule is CC/C=C\C/C=C\C/C=C\C/C=C\C/C=C\CCCCCC(=O)O[C@H](COC(=O)CCC/C=C\C/C=C\C/C=C\C/C=C\CCCCC)COC(=O)CCCCCCCCCCCCC. The Morgan fingerprint density at radius 3 is 1.03 bits per heavy atom.